The third kappa shape index (κ3) is 6.42. The van der Waals surface area contributed by atoms with Gasteiger partial charge in [-0.15, -0.1) is 0 Å². The van der Waals surface area contributed by atoms with Crippen LogP contribution in [0.15, 0.2) is 84.9 Å². The topological polar surface area (TPSA) is 77.9 Å². The molecule has 0 spiro atoms. The number of carbonyl (C=O) groups excluding carboxylic acids is 1. The highest BCUT2D eigenvalue weighted by Gasteiger charge is 2.10. The first-order chi connectivity index (χ1) is 17.6. The molecule has 6 heteroatoms. The Hall–Kier alpha value is -4.32. The van der Waals surface area contributed by atoms with E-state index in [2.05, 4.69) is 4.98 Å². The number of hydrogen-bond donors (Lipinski definition) is 1. The van der Waals surface area contributed by atoms with Gasteiger partial charge in [-0.25, -0.2) is 4.98 Å². The fraction of sp³-hybridized carbons (Fsp3) is 0.200. The predicted octanol–water partition coefficient (Wildman–Crippen LogP) is 5.45. The van der Waals surface area contributed by atoms with Gasteiger partial charge in [0.2, 0.25) is 5.88 Å². The molecule has 3 aromatic carbocycles. The predicted molar refractivity (Wildman–Crippen MR) is 139 cm³/mol. The van der Waals surface area contributed by atoms with Crippen LogP contribution < -0.4 is 14.2 Å². The summed E-state index contributed by atoms with van der Waals surface area (Å²) in [5, 5.41) is 9.93. The van der Waals surface area contributed by atoms with E-state index < -0.39 is 0 Å². The number of Topliss-reactive ketones (excluding diaryl/α,β-unsaturated/α-hetero) is 1. The number of aromatic hydroxyl groups is 1. The molecule has 1 heterocycles. The number of para-hydroxylation sites is 1. The Balaban J connectivity index is 1.38. The Morgan fingerprint density at radius 1 is 0.806 bits per heavy atom. The van der Waals surface area contributed by atoms with Crippen molar-refractivity contribution in [3.05, 3.63) is 102 Å². The Morgan fingerprint density at radius 3 is 2.42 bits per heavy atom. The standard InChI is InChI=1S/C30H29NO5/c1-34-28-14-13-21(19-29(28)35-2)15-16-36-30-12-6-10-26(31-30)23-9-5-7-22(17-23)18-25(32)20-24-8-3-4-11-27(24)33/h3-14,17,19,33H,15-16,18,20H2,1-2H3. The molecule has 0 fully saturated rings. The largest absolute Gasteiger partial charge is 0.508 e. The zero-order chi connectivity index (χ0) is 25.3. The van der Waals surface area contributed by atoms with Gasteiger partial charge in [-0.1, -0.05) is 48.5 Å². The van der Waals surface area contributed by atoms with Crippen LogP contribution in [-0.4, -0.2) is 36.7 Å². The summed E-state index contributed by atoms with van der Waals surface area (Å²) < 4.78 is 16.6. The molecular formula is C30H29NO5. The zero-order valence-electron chi connectivity index (χ0n) is 20.4. The number of benzene rings is 3. The molecule has 1 aromatic heterocycles. The highest BCUT2D eigenvalue weighted by Crippen LogP contribution is 2.28. The summed E-state index contributed by atoms with van der Waals surface area (Å²) in [4.78, 5) is 17.2. The van der Waals surface area contributed by atoms with Crippen molar-refractivity contribution in [3.63, 3.8) is 0 Å². The quantitative estimate of drug-likeness (QED) is 0.306. The maximum Gasteiger partial charge on any atom is 0.213 e. The molecule has 184 valence electrons. The van der Waals surface area contributed by atoms with E-state index in [0.29, 0.717) is 36.0 Å². The number of ketones is 1. The SMILES string of the molecule is COc1ccc(CCOc2cccc(-c3cccc(CC(=O)Cc4ccccc4O)c3)n2)cc1OC. The average molecular weight is 484 g/mol. The van der Waals surface area contributed by atoms with Crippen LogP contribution in [0.1, 0.15) is 16.7 Å². The molecule has 1 N–H and O–H groups in total. The Morgan fingerprint density at radius 2 is 1.61 bits per heavy atom. The van der Waals surface area contributed by atoms with Gasteiger partial charge in [0.05, 0.1) is 26.5 Å². The van der Waals surface area contributed by atoms with E-state index in [1.165, 1.54) is 0 Å². The van der Waals surface area contributed by atoms with Crippen molar-refractivity contribution in [1.82, 2.24) is 4.98 Å². The molecule has 0 saturated heterocycles. The molecule has 0 radical (unpaired) electrons. The number of methoxy groups -OCH3 is 2. The van der Waals surface area contributed by atoms with Gasteiger partial charge in [-0.2, -0.15) is 0 Å². The van der Waals surface area contributed by atoms with Crippen LogP contribution in [0, 0.1) is 0 Å². The van der Waals surface area contributed by atoms with Gasteiger partial charge in [0.15, 0.2) is 11.5 Å². The van der Waals surface area contributed by atoms with Crippen molar-refractivity contribution >= 4 is 5.78 Å². The molecule has 0 atom stereocenters. The van der Waals surface area contributed by atoms with E-state index >= 15 is 0 Å². The summed E-state index contributed by atoms with van der Waals surface area (Å²) in [5.41, 5.74) is 4.29. The average Bonchev–Trinajstić information content (AvgIpc) is 2.90. The van der Waals surface area contributed by atoms with Crippen molar-refractivity contribution in [2.45, 2.75) is 19.3 Å². The van der Waals surface area contributed by atoms with E-state index in [-0.39, 0.29) is 24.4 Å². The van der Waals surface area contributed by atoms with Gasteiger partial charge in [0.1, 0.15) is 11.5 Å². The van der Waals surface area contributed by atoms with E-state index in [1.54, 1.807) is 32.4 Å². The number of rotatable bonds is 11. The van der Waals surface area contributed by atoms with Crippen LogP contribution in [0.3, 0.4) is 0 Å². The molecule has 6 nitrogen and oxygen atoms in total. The van der Waals surface area contributed by atoms with Crippen LogP contribution >= 0.6 is 0 Å². The summed E-state index contributed by atoms with van der Waals surface area (Å²) in [6.45, 7) is 0.465. The van der Waals surface area contributed by atoms with E-state index in [0.717, 1.165) is 22.4 Å². The van der Waals surface area contributed by atoms with Crippen molar-refractivity contribution < 1.29 is 24.1 Å². The maximum atomic E-state index is 12.6. The van der Waals surface area contributed by atoms with Gasteiger partial charge in [-0.05, 0) is 41.5 Å². The highest BCUT2D eigenvalue weighted by molar-refractivity contribution is 5.84. The maximum absolute atomic E-state index is 12.6. The first-order valence-electron chi connectivity index (χ1n) is 11.7. The van der Waals surface area contributed by atoms with E-state index in [1.807, 2.05) is 66.7 Å². The number of ether oxygens (including phenoxy) is 3. The minimum absolute atomic E-state index is 0.0360. The third-order valence-corrected chi connectivity index (χ3v) is 5.82. The Kier molecular flexibility index (Phi) is 8.19. The molecule has 0 amide bonds. The molecule has 0 aliphatic carbocycles. The second-order valence-corrected chi connectivity index (χ2v) is 8.37. The molecule has 0 bridgehead atoms. The van der Waals surface area contributed by atoms with Gasteiger partial charge >= 0.3 is 0 Å². The monoisotopic (exact) mass is 483 g/mol. The number of phenolic OH excluding ortho intramolecular Hbond substituents is 1. The van der Waals surface area contributed by atoms with Gasteiger partial charge in [0, 0.05) is 36.5 Å². The molecule has 4 aromatic rings. The lowest BCUT2D eigenvalue weighted by molar-refractivity contribution is -0.117. The minimum atomic E-state index is 0.0360. The summed E-state index contributed by atoms with van der Waals surface area (Å²) in [6.07, 6.45) is 1.17. The molecular weight excluding hydrogens is 454 g/mol. The fourth-order valence-electron chi connectivity index (χ4n) is 3.97. The van der Waals surface area contributed by atoms with Crippen LogP contribution in [0.25, 0.3) is 11.3 Å². The van der Waals surface area contributed by atoms with Gasteiger partial charge in [0.25, 0.3) is 0 Å². The number of carbonyl (C=O) groups is 1. The van der Waals surface area contributed by atoms with Crippen LogP contribution in [0.4, 0.5) is 0 Å². The number of nitrogens with zero attached hydrogens (tertiary/aromatic N) is 1. The van der Waals surface area contributed by atoms with Gasteiger partial charge in [-0.3, -0.25) is 4.79 Å². The number of phenols is 1. The minimum Gasteiger partial charge on any atom is -0.508 e. The first-order valence-corrected chi connectivity index (χ1v) is 11.7. The Labute approximate surface area is 211 Å². The number of aromatic nitrogens is 1. The summed E-state index contributed by atoms with van der Waals surface area (Å²) in [6, 6.07) is 26.2. The summed E-state index contributed by atoms with van der Waals surface area (Å²) in [5.74, 6) is 2.10. The van der Waals surface area contributed by atoms with Crippen LogP contribution in [-0.2, 0) is 24.1 Å². The number of hydrogen-bond acceptors (Lipinski definition) is 6. The number of pyridine rings is 1. The smallest absolute Gasteiger partial charge is 0.213 e. The van der Waals surface area contributed by atoms with Crippen molar-refractivity contribution in [1.29, 1.82) is 0 Å². The molecule has 0 aliphatic heterocycles. The Bertz CT molecular complexity index is 1330. The van der Waals surface area contributed by atoms with Crippen molar-refractivity contribution in [2.24, 2.45) is 0 Å². The van der Waals surface area contributed by atoms with E-state index in [4.69, 9.17) is 14.2 Å². The highest BCUT2D eigenvalue weighted by atomic mass is 16.5. The van der Waals surface area contributed by atoms with Crippen molar-refractivity contribution in [3.8, 4) is 34.4 Å². The van der Waals surface area contributed by atoms with Crippen LogP contribution in [0.2, 0.25) is 0 Å². The second-order valence-electron chi connectivity index (χ2n) is 8.37. The van der Waals surface area contributed by atoms with Gasteiger partial charge < -0.3 is 19.3 Å². The van der Waals surface area contributed by atoms with E-state index in [9.17, 15) is 9.90 Å². The fourth-order valence-corrected chi connectivity index (χ4v) is 3.97. The molecule has 0 unspecified atom stereocenters. The normalized spacial score (nSPS) is 10.6. The molecule has 36 heavy (non-hydrogen) atoms. The third-order valence-electron chi connectivity index (χ3n) is 5.82. The summed E-state index contributed by atoms with van der Waals surface area (Å²) >= 11 is 0. The molecule has 0 saturated carbocycles. The molecule has 0 aliphatic rings. The lowest BCUT2D eigenvalue weighted by Gasteiger charge is -2.11. The first kappa shape index (κ1) is 24.8. The zero-order valence-corrected chi connectivity index (χ0v) is 20.4. The van der Waals surface area contributed by atoms with Crippen LogP contribution in [0.5, 0.6) is 23.1 Å². The molecule has 4 rings (SSSR count). The lowest BCUT2D eigenvalue weighted by Crippen LogP contribution is -2.07. The lowest BCUT2D eigenvalue weighted by atomic mass is 10.00. The second kappa shape index (κ2) is 11.9. The van der Waals surface area contributed by atoms with Crippen molar-refractivity contribution in [2.75, 3.05) is 20.8 Å². The summed E-state index contributed by atoms with van der Waals surface area (Å²) in [7, 11) is 3.23.